The largest absolute Gasteiger partial charge is 0.416 e. The Bertz CT molecular complexity index is 941. The number of nitrogens with zero attached hydrogens (tertiary/aromatic N) is 3. The zero-order chi connectivity index (χ0) is 18.9. The van der Waals surface area contributed by atoms with Gasteiger partial charge in [-0.2, -0.15) is 13.2 Å². The predicted octanol–water partition coefficient (Wildman–Crippen LogP) is 3.56. The Labute approximate surface area is 150 Å². The van der Waals surface area contributed by atoms with E-state index in [-0.39, 0.29) is 5.69 Å². The van der Waals surface area contributed by atoms with Gasteiger partial charge < -0.3 is 10.2 Å². The van der Waals surface area contributed by atoms with E-state index in [0.717, 1.165) is 29.1 Å². The van der Waals surface area contributed by atoms with Crippen LogP contribution >= 0.6 is 11.6 Å². The number of halogens is 4. The second kappa shape index (κ2) is 6.83. The van der Waals surface area contributed by atoms with Gasteiger partial charge in [-0.1, -0.05) is 16.4 Å². The van der Waals surface area contributed by atoms with Crippen LogP contribution in [0.15, 0.2) is 42.5 Å². The van der Waals surface area contributed by atoms with Crippen molar-refractivity contribution in [2.45, 2.75) is 19.2 Å². The molecule has 0 saturated heterocycles. The lowest BCUT2D eigenvalue weighted by atomic mass is 10.2. The average Bonchev–Trinajstić information content (AvgIpc) is 2.96. The molecule has 1 N–H and O–H groups in total. The molecule has 1 heterocycles. The minimum absolute atomic E-state index is 0.213. The molecule has 6 nitrogen and oxygen atoms in total. The number of rotatable bonds is 4. The lowest BCUT2D eigenvalue weighted by molar-refractivity contribution is -0.137. The number of carbonyl (C=O) groups excluding carboxylic acids is 1. The van der Waals surface area contributed by atoms with Gasteiger partial charge in [-0.05, 0) is 54.6 Å². The molecule has 0 saturated carbocycles. The van der Waals surface area contributed by atoms with Crippen LogP contribution in [0.5, 0.6) is 0 Å². The Balaban J connectivity index is 1.68. The summed E-state index contributed by atoms with van der Waals surface area (Å²) in [6.45, 7) is 1.47. The molecule has 3 rings (SSSR count). The first kappa shape index (κ1) is 18.0. The Morgan fingerprint density at radius 1 is 1.23 bits per heavy atom. The molecule has 0 unspecified atom stereocenters. The third-order valence-corrected chi connectivity index (χ3v) is 3.72. The van der Waals surface area contributed by atoms with Gasteiger partial charge in [0.25, 0.3) is 5.91 Å². The molecule has 10 heteroatoms. The number of anilines is 1. The van der Waals surface area contributed by atoms with Crippen molar-refractivity contribution >= 4 is 34.2 Å². The maximum atomic E-state index is 12.5. The van der Waals surface area contributed by atoms with E-state index >= 15 is 0 Å². The molecule has 0 bridgehead atoms. The van der Waals surface area contributed by atoms with E-state index in [1.165, 1.54) is 6.92 Å². The van der Waals surface area contributed by atoms with Gasteiger partial charge in [-0.15, -0.1) is 5.10 Å². The third kappa shape index (κ3) is 3.88. The van der Waals surface area contributed by atoms with Crippen LogP contribution in [0.1, 0.15) is 12.5 Å². The van der Waals surface area contributed by atoms with Gasteiger partial charge in [-0.3, -0.25) is 4.79 Å². The van der Waals surface area contributed by atoms with Crippen molar-refractivity contribution < 1.29 is 22.8 Å². The highest BCUT2D eigenvalue weighted by molar-refractivity contribution is 6.31. The third-order valence-electron chi connectivity index (χ3n) is 3.48. The molecular weight excluding hydrogens is 373 g/mol. The van der Waals surface area contributed by atoms with Gasteiger partial charge in [-0.25, -0.2) is 0 Å². The second-order valence-electron chi connectivity index (χ2n) is 5.41. The van der Waals surface area contributed by atoms with Gasteiger partial charge in [0, 0.05) is 10.7 Å². The Morgan fingerprint density at radius 2 is 1.92 bits per heavy atom. The summed E-state index contributed by atoms with van der Waals surface area (Å²) in [6, 6.07) is 8.97. The van der Waals surface area contributed by atoms with Crippen LogP contribution in [0.3, 0.4) is 0 Å². The van der Waals surface area contributed by atoms with Crippen molar-refractivity contribution in [3.05, 3.63) is 53.1 Å². The fourth-order valence-corrected chi connectivity index (χ4v) is 2.30. The number of alkyl halides is 3. The molecule has 1 aromatic heterocycles. The summed E-state index contributed by atoms with van der Waals surface area (Å²) < 4.78 is 37.6. The van der Waals surface area contributed by atoms with Crippen molar-refractivity contribution in [3.8, 4) is 0 Å². The van der Waals surface area contributed by atoms with Crippen molar-refractivity contribution in [2.24, 2.45) is 0 Å². The highest BCUT2D eigenvalue weighted by Gasteiger charge is 2.30. The van der Waals surface area contributed by atoms with E-state index < -0.39 is 23.8 Å². The molecule has 0 aliphatic heterocycles. The van der Waals surface area contributed by atoms with E-state index in [4.69, 9.17) is 16.4 Å². The zero-order valence-corrected chi connectivity index (χ0v) is 14.0. The summed E-state index contributed by atoms with van der Waals surface area (Å²) in [7, 11) is 0. The van der Waals surface area contributed by atoms with E-state index in [9.17, 15) is 18.0 Å². The standard InChI is InChI=1S/C16H12ClF3N4O2/c1-9(26-24-14-8-11(17)4-7-13(14)22-23-24)15(25)21-12-5-2-10(3-6-12)16(18,19)20/h2-9H,1H3,(H,21,25)/t9-/m0/s1. The number of aromatic nitrogens is 3. The number of hydrogen-bond acceptors (Lipinski definition) is 4. The van der Waals surface area contributed by atoms with E-state index in [0.29, 0.717) is 16.1 Å². The molecular formula is C16H12ClF3N4O2. The Morgan fingerprint density at radius 3 is 2.58 bits per heavy atom. The fourth-order valence-electron chi connectivity index (χ4n) is 2.13. The lowest BCUT2D eigenvalue weighted by Crippen LogP contribution is -2.35. The number of hydrogen-bond donors (Lipinski definition) is 1. The van der Waals surface area contributed by atoms with E-state index in [2.05, 4.69) is 15.6 Å². The van der Waals surface area contributed by atoms with Crippen LogP contribution in [0.4, 0.5) is 18.9 Å². The second-order valence-corrected chi connectivity index (χ2v) is 5.84. The number of carbonyl (C=O) groups is 1. The van der Waals surface area contributed by atoms with Crippen LogP contribution in [0.25, 0.3) is 11.0 Å². The first-order valence-corrected chi connectivity index (χ1v) is 7.78. The average molecular weight is 385 g/mol. The maximum Gasteiger partial charge on any atom is 0.416 e. The topological polar surface area (TPSA) is 69.0 Å². The van der Waals surface area contributed by atoms with E-state index in [1.807, 2.05) is 0 Å². The SMILES string of the molecule is C[C@H](On1nnc2ccc(Cl)cc21)C(=O)Nc1ccc(C(F)(F)F)cc1. The summed E-state index contributed by atoms with van der Waals surface area (Å²) >= 11 is 5.91. The molecule has 0 aliphatic rings. The maximum absolute atomic E-state index is 12.5. The lowest BCUT2D eigenvalue weighted by Gasteiger charge is -2.14. The molecule has 26 heavy (non-hydrogen) atoms. The molecule has 0 radical (unpaired) electrons. The predicted molar refractivity (Wildman–Crippen MR) is 88.7 cm³/mol. The molecule has 3 aromatic rings. The smallest absolute Gasteiger partial charge is 0.382 e. The summed E-state index contributed by atoms with van der Waals surface area (Å²) in [5, 5.41) is 10.6. The summed E-state index contributed by atoms with van der Waals surface area (Å²) in [6.07, 6.45) is -5.42. The number of benzene rings is 2. The number of fused-ring (bicyclic) bond motifs is 1. The molecule has 136 valence electrons. The monoisotopic (exact) mass is 384 g/mol. The summed E-state index contributed by atoms with van der Waals surface area (Å²) in [5.74, 6) is -0.560. The van der Waals surface area contributed by atoms with Crippen LogP contribution in [-0.2, 0) is 11.0 Å². The van der Waals surface area contributed by atoms with Crippen LogP contribution in [0, 0.1) is 0 Å². The van der Waals surface area contributed by atoms with Crippen LogP contribution < -0.4 is 10.2 Å². The summed E-state index contributed by atoms with van der Waals surface area (Å²) in [4.78, 5) is 18.7. The first-order valence-electron chi connectivity index (χ1n) is 7.40. The number of nitrogens with one attached hydrogen (secondary N) is 1. The molecule has 0 fully saturated rings. The van der Waals surface area contributed by atoms with E-state index in [1.54, 1.807) is 18.2 Å². The van der Waals surface area contributed by atoms with Gasteiger partial charge in [0.15, 0.2) is 0 Å². The quantitative estimate of drug-likeness (QED) is 0.746. The van der Waals surface area contributed by atoms with Crippen molar-refractivity contribution in [3.63, 3.8) is 0 Å². The van der Waals surface area contributed by atoms with Crippen LogP contribution in [0.2, 0.25) is 5.02 Å². The molecule has 0 spiro atoms. The molecule has 0 aliphatic carbocycles. The minimum atomic E-state index is -4.44. The zero-order valence-electron chi connectivity index (χ0n) is 13.3. The first-order chi connectivity index (χ1) is 12.2. The minimum Gasteiger partial charge on any atom is -0.382 e. The molecule has 1 atom stereocenters. The van der Waals surface area contributed by atoms with Crippen molar-refractivity contribution in [2.75, 3.05) is 5.32 Å². The van der Waals surface area contributed by atoms with Gasteiger partial charge in [0.2, 0.25) is 6.10 Å². The highest BCUT2D eigenvalue weighted by Crippen LogP contribution is 2.29. The van der Waals surface area contributed by atoms with Gasteiger partial charge in [0.05, 0.1) is 5.56 Å². The van der Waals surface area contributed by atoms with Crippen LogP contribution in [-0.4, -0.2) is 27.2 Å². The summed E-state index contributed by atoms with van der Waals surface area (Å²) in [5.41, 5.74) is 0.423. The van der Waals surface area contributed by atoms with Gasteiger partial charge >= 0.3 is 6.18 Å². The number of amides is 1. The normalized spacial score (nSPS) is 12.8. The fraction of sp³-hybridized carbons (Fsp3) is 0.188. The van der Waals surface area contributed by atoms with Crippen molar-refractivity contribution in [1.29, 1.82) is 0 Å². The van der Waals surface area contributed by atoms with Gasteiger partial charge in [0.1, 0.15) is 11.0 Å². The highest BCUT2D eigenvalue weighted by atomic mass is 35.5. The molecule has 1 amide bonds. The Hall–Kier alpha value is -2.81. The Kier molecular flexibility index (Phi) is 4.73. The van der Waals surface area contributed by atoms with Crippen molar-refractivity contribution in [1.82, 2.24) is 15.2 Å². The molecule has 2 aromatic carbocycles.